The first kappa shape index (κ1) is 10.7. The summed E-state index contributed by atoms with van der Waals surface area (Å²) in [5.74, 6) is 0.190. The monoisotopic (exact) mass is 239 g/mol. The third-order valence-electron chi connectivity index (χ3n) is 2.99. The van der Waals surface area contributed by atoms with E-state index < -0.39 is 0 Å². The largest absolute Gasteiger partial charge is 0.366 e. The number of hydrogen-bond donors (Lipinski definition) is 1. The van der Waals surface area contributed by atoms with Crippen molar-refractivity contribution in [2.45, 2.75) is 13.8 Å². The summed E-state index contributed by atoms with van der Waals surface area (Å²) in [6.45, 7) is 4.12. The van der Waals surface area contributed by atoms with Gasteiger partial charge in [0.25, 0.3) is 0 Å². The molecule has 0 radical (unpaired) electrons. The molecule has 0 bridgehead atoms. The van der Waals surface area contributed by atoms with Gasteiger partial charge in [0.15, 0.2) is 0 Å². The normalized spacial score (nSPS) is 11.0. The smallest absolute Gasteiger partial charge is 0.240 e. The van der Waals surface area contributed by atoms with Gasteiger partial charge in [-0.05, 0) is 37.6 Å². The zero-order valence-corrected chi connectivity index (χ0v) is 10.3. The van der Waals surface area contributed by atoms with Gasteiger partial charge in [0.05, 0.1) is 11.9 Å². The van der Waals surface area contributed by atoms with Gasteiger partial charge in [0, 0.05) is 11.2 Å². The Morgan fingerprint density at radius 1 is 1.22 bits per heavy atom. The first-order valence-corrected chi connectivity index (χ1v) is 5.70. The van der Waals surface area contributed by atoms with Crippen molar-refractivity contribution in [2.75, 3.05) is 5.73 Å². The molecule has 5 nitrogen and oxygen atoms in total. The standard InChI is InChI=1S/C13H13N5/c1-8-6-10-5-3-4-9(2)18(10)12(8)11-7-15-17-13(14)16-11/h3-7H,1-2H3,(H2,14,16,17). The molecule has 3 rings (SSSR count). The molecule has 0 saturated carbocycles. The first-order chi connectivity index (χ1) is 8.66. The van der Waals surface area contributed by atoms with Gasteiger partial charge in [0.2, 0.25) is 5.95 Å². The number of anilines is 1. The summed E-state index contributed by atoms with van der Waals surface area (Å²) in [6.07, 6.45) is 1.64. The highest BCUT2D eigenvalue weighted by Crippen LogP contribution is 2.26. The van der Waals surface area contributed by atoms with Crippen LogP contribution in [0.4, 0.5) is 5.95 Å². The molecule has 18 heavy (non-hydrogen) atoms. The molecule has 0 aliphatic carbocycles. The minimum Gasteiger partial charge on any atom is -0.366 e. The van der Waals surface area contributed by atoms with Crippen LogP contribution in [0.3, 0.4) is 0 Å². The average molecular weight is 239 g/mol. The molecule has 0 spiro atoms. The minimum absolute atomic E-state index is 0.190. The lowest BCUT2D eigenvalue weighted by molar-refractivity contribution is 0.977. The molecule has 0 aliphatic rings. The van der Waals surface area contributed by atoms with E-state index in [1.54, 1.807) is 6.20 Å². The van der Waals surface area contributed by atoms with E-state index in [4.69, 9.17) is 5.73 Å². The fraction of sp³-hybridized carbons (Fsp3) is 0.154. The lowest BCUT2D eigenvalue weighted by Gasteiger charge is -2.07. The van der Waals surface area contributed by atoms with E-state index >= 15 is 0 Å². The van der Waals surface area contributed by atoms with E-state index in [1.165, 1.54) is 0 Å². The van der Waals surface area contributed by atoms with Crippen molar-refractivity contribution in [1.82, 2.24) is 19.6 Å². The number of aryl methyl sites for hydroxylation is 2. The summed E-state index contributed by atoms with van der Waals surface area (Å²) in [7, 11) is 0. The minimum atomic E-state index is 0.190. The lowest BCUT2D eigenvalue weighted by atomic mass is 10.2. The second kappa shape index (κ2) is 3.80. The van der Waals surface area contributed by atoms with Gasteiger partial charge in [0.1, 0.15) is 5.69 Å². The average Bonchev–Trinajstić information content (AvgIpc) is 2.67. The number of fused-ring (bicyclic) bond motifs is 1. The van der Waals surface area contributed by atoms with Gasteiger partial charge in [-0.1, -0.05) is 6.07 Å². The van der Waals surface area contributed by atoms with Crippen LogP contribution in [0.15, 0.2) is 30.5 Å². The van der Waals surface area contributed by atoms with Crippen molar-refractivity contribution < 1.29 is 0 Å². The first-order valence-electron chi connectivity index (χ1n) is 5.70. The lowest BCUT2D eigenvalue weighted by Crippen LogP contribution is -2.01. The van der Waals surface area contributed by atoms with Gasteiger partial charge in [-0.3, -0.25) is 0 Å². The molecule has 0 unspecified atom stereocenters. The maximum absolute atomic E-state index is 5.60. The van der Waals surface area contributed by atoms with Crippen LogP contribution in [-0.4, -0.2) is 19.6 Å². The highest BCUT2D eigenvalue weighted by molar-refractivity contribution is 5.69. The zero-order valence-electron chi connectivity index (χ0n) is 10.3. The molecule has 0 aromatic carbocycles. The summed E-state index contributed by atoms with van der Waals surface area (Å²) in [4.78, 5) is 4.25. The van der Waals surface area contributed by atoms with Gasteiger partial charge >= 0.3 is 0 Å². The third-order valence-corrected chi connectivity index (χ3v) is 2.99. The number of nitrogen functional groups attached to an aromatic ring is 1. The van der Waals surface area contributed by atoms with Crippen molar-refractivity contribution in [3.8, 4) is 11.4 Å². The zero-order chi connectivity index (χ0) is 12.7. The Balaban J connectivity index is 2.38. The van der Waals surface area contributed by atoms with Crippen LogP contribution in [0.25, 0.3) is 16.9 Å². The van der Waals surface area contributed by atoms with Gasteiger partial charge in [-0.25, -0.2) is 4.98 Å². The second-order valence-electron chi connectivity index (χ2n) is 4.30. The number of hydrogen-bond acceptors (Lipinski definition) is 4. The molecular weight excluding hydrogens is 226 g/mol. The number of pyridine rings is 1. The van der Waals surface area contributed by atoms with Crippen molar-refractivity contribution in [3.63, 3.8) is 0 Å². The molecule has 2 N–H and O–H groups in total. The maximum Gasteiger partial charge on any atom is 0.240 e. The molecule has 0 amide bonds. The maximum atomic E-state index is 5.60. The molecular formula is C13H13N5. The molecule has 0 aliphatic heterocycles. The fourth-order valence-electron chi connectivity index (χ4n) is 2.27. The Hall–Kier alpha value is -2.43. The van der Waals surface area contributed by atoms with E-state index in [0.717, 1.165) is 28.2 Å². The summed E-state index contributed by atoms with van der Waals surface area (Å²) in [5.41, 5.74) is 10.8. The van der Waals surface area contributed by atoms with Crippen molar-refractivity contribution >= 4 is 11.5 Å². The molecule has 90 valence electrons. The Labute approximate surface area is 104 Å². The second-order valence-corrected chi connectivity index (χ2v) is 4.30. The Bertz CT molecular complexity index is 729. The van der Waals surface area contributed by atoms with E-state index in [-0.39, 0.29) is 5.95 Å². The highest BCUT2D eigenvalue weighted by Gasteiger charge is 2.12. The SMILES string of the molecule is Cc1cc2cccc(C)n2c1-c1cnnc(N)n1. The van der Waals surface area contributed by atoms with Crippen LogP contribution in [0.5, 0.6) is 0 Å². The number of nitrogens with two attached hydrogens (primary N) is 1. The molecule has 3 aromatic heterocycles. The molecule has 3 aromatic rings. The predicted octanol–water partition coefficient (Wildman–Crippen LogP) is 1.99. The predicted molar refractivity (Wildman–Crippen MR) is 70.1 cm³/mol. The van der Waals surface area contributed by atoms with Crippen LogP contribution < -0.4 is 5.73 Å². The van der Waals surface area contributed by atoms with E-state index in [9.17, 15) is 0 Å². The van der Waals surface area contributed by atoms with Gasteiger partial charge in [-0.15, -0.1) is 5.10 Å². The van der Waals surface area contributed by atoms with E-state index in [0.29, 0.717) is 0 Å². The number of aromatic nitrogens is 4. The van der Waals surface area contributed by atoms with Crippen molar-refractivity contribution in [1.29, 1.82) is 0 Å². The Kier molecular flexibility index (Phi) is 2.26. The Morgan fingerprint density at radius 3 is 2.83 bits per heavy atom. The summed E-state index contributed by atoms with van der Waals surface area (Å²) in [5, 5.41) is 7.56. The van der Waals surface area contributed by atoms with Crippen molar-refractivity contribution in [3.05, 3.63) is 41.7 Å². The van der Waals surface area contributed by atoms with E-state index in [2.05, 4.69) is 51.6 Å². The highest BCUT2D eigenvalue weighted by atomic mass is 15.2. The number of nitrogens with zero attached hydrogens (tertiary/aromatic N) is 4. The van der Waals surface area contributed by atoms with Gasteiger partial charge < -0.3 is 10.1 Å². The summed E-state index contributed by atoms with van der Waals surface area (Å²) in [6, 6.07) is 8.30. The van der Waals surface area contributed by atoms with Gasteiger partial charge in [-0.2, -0.15) is 5.10 Å². The van der Waals surface area contributed by atoms with Crippen LogP contribution in [0.2, 0.25) is 0 Å². The van der Waals surface area contributed by atoms with Crippen LogP contribution in [0.1, 0.15) is 11.3 Å². The topological polar surface area (TPSA) is 69.1 Å². The van der Waals surface area contributed by atoms with Crippen molar-refractivity contribution in [2.24, 2.45) is 0 Å². The molecule has 0 atom stereocenters. The van der Waals surface area contributed by atoms with E-state index in [1.807, 2.05) is 6.07 Å². The Morgan fingerprint density at radius 2 is 2.06 bits per heavy atom. The number of rotatable bonds is 1. The van der Waals surface area contributed by atoms with Crippen LogP contribution in [0, 0.1) is 13.8 Å². The van der Waals surface area contributed by atoms with Crippen LogP contribution >= 0.6 is 0 Å². The molecule has 0 saturated heterocycles. The molecule has 3 heterocycles. The molecule has 0 fully saturated rings. The molecule has 5 heteroatoms. The quantitative estimate of drug-likeness (QED) is 0.705. The summed E-state index contributed by atoms with van der Waals surface area (Å²) < 4.78 is 2.15. The third kappa shape index (κ3) is 1.52. The summed E-state index contributed by atoms with van der Waals surface area (Å²) >= 11 is 0. The van der Waals surface area contributed by atoms with Crippen LogP contribution in [-0.2, 0) is 0 Å². The fourth-order valence-corrected chi connectivity index (χ4v) is 2.27.